The minimum atomic E-state index is -7.98. The van der Waals surface area contributed by atoms with Crippen molar-refractivity contribution in [2.45, 2.75) is 48.6 Å². The van der Waals surface area contributed by atoms with Crippen LogP contribution in [0.15, 0.2) is 40.9 Å². The number of methoxy groups -OCH3 is 2. The van der Waals surface area contributed by atoms with Crippen molar-refractivity contribution in [3.8, 4) is 11.1 Å². The van der Waals surface area contributed by atoms with Crippen LogP contribution in [0.2, 0.25) is 0 Å². The summed E-state index contributed by atoms with van der Waals surface area (Å²) in [5.41, 5.74) is -0.789. The number of carbonyl (C=O) groups is 2. The number of aryl methyl sites for hydroxylation is 1. The van der Waals surface area contributed by atoms with Crippen molar-refractivity contribution in [1.82, 2.24) is 0 Å². The predicted octanol–water partition coefficient (Wildman–Crippen LogP) is 8.36. The van der Waals surface area contributed by atoms with Crippen LogP contribution in [0.1, 0.15) is 32.7 Å². The second-order valence-corrected chi connectivity index (χ2v) is 9.55. The van der Waals surface area contributed by atoms with E-state index in [-0.39, 0.29) is 32.3 Å². The van der Waals surface area contributed by atoms with Gasteiger partial charge in [-0.05, 0) is 53.4 Å². The van der Waals surface area contributed by atoms with Gasteiger partial charge in [0.05, 0.1) is 25.3 Å². The van der Waals surface area contributed by atoms with Gasteiger partial charge in [0.15, 0.2) is 0 Å². The molecule has 0 bridgehead atoms. The Morgan fingerprint density at radius 2 is 1.05 bits per heavy atom. The molecule has 0 aliphatic heterocycles. The van der Waals surface area contributed by atoms with Gasteiger partial charge in [-0.25, -0.2) is 9.59 Å². The van der Waals surface area contributed by atoms with Crippen molar-refractivity contribution in [3.63, 3.8) is 0 Å². The Morgan fingerprint density at radius 1 is 0.619 bits per heavy atom. The third-order valence-corrected chi connectivity index (χ3v) is 6.25. The third-order valence-electron chi connectivity index (χ3n) is 5.79. The summed E-state index contributed by atoms with van der Waals surface area (Å²) in [5, 5.41) is 0. The molecule has 0 aliphatic rings. The number of esters is 2. The van der Waals surface area contributed by atoms with Gasteiger partial charge in [0.2, 0.25) is 0 Å². The minimum absolute atomic E-state index is 0.00737. The topological polar surface area (TPSA) is 52.6 Å². The predicted molar refractivity (Wildman–Crippen MR) is 121 cm³/mol. The molecule has 0 saturated carbocycles. The molecule has 0 radical (unpaired) electrons. The molecule has 0 atom stereocenters. The molecule has 18 heteroatoms. The first-order valence-corrected chi connectivity index (χ1v) is 11.7. The summed E-state index contributed by atoms with van der Waals surface area (Å²) in [5.74, 6) is -39.2. The summed E-state index contributed by atoms with van der Waals surface area (Å²) in [6, 6.07) is 6.59. The molecule has 0 amide bonds. The number of halogens is 14. The lowest BCUT2D eigenvalue weighted by molar-refractivity contribution is -0.440. The van der Waals surface area contributed by atoms with Crippen LogP contribution in [-0.2, 0) is 15.9 Å². The lowest BCUT2D eigenvalue weighted by atomic mass is 9.90. The summed E-state index contributed by atoms with van der Waals surface area (Å²) < 4.78 is 183. The standard InChI is InChI=1S/C24H16BrF13O4/c1-41-17(39)14-7-13(8-15(9-14)18(40)42-2)12-5-11(6-16(25)10-12)3-4-19(26,27)20(28,29)21(30,31)22(32,33)23(34,35)24(36,37)38/h5-10H,3-4H2,1-2H3. The normalized spacial score (nSPS) is 13.6. The average Bonchev–Trinajstić information content (AvgIpc) is 2.89. The largest absolute Gasteiger partial charge is 0.465 e. The van der Waals surface area contributed by atoms with E-state index in [9.17, 15) is 66.7 Å². The third kappa shape index (κ3) is 6.17. The minimum Gasteiger partial charge on any atom is -0.465 e. The number of ether oxygens (including phenoxy) is 2. The molecule has 2 rings (SSSR count). The summed E-state index contributed by atoms with van der Waals surface area (Å²) >= 11 is 2.96. The van der Waals surface area contributed by atoms with E-state index in [1.807, 2.05) is 0 Å². The Bertz CT molecular complexity index is 1310. The van der Waals surface area contributed by atoms with Crippen molar-refractivity contribution >= 4 is 27.9 Å². The van der Waals surface area contributed by atoms with E-state index >= 15 is 0 Å². The molecule has 2 aromatic carbocycles. The molecule has 42 heavy (non-hydrogen) atoms. The molecule has 0 spiro atoms. The molecule has 0 unspecified atom stereocenters. The van der Waals surface area contributed by atoms with Gasteiger partial charge in [-0.3, -0.25) is 0 Å². The van der Waals surface area contributed by atoms with Gasteiger partial charge in [0.1, 0.15) is 0 Å². The maximum Gasteiger partial charge on any atom is 0.460 e. The summed E-state index contributed by atoms with van der Waals surface area (Å²) in [4.78, 5) is 24.0. The Labute approximate surface area is 235 Å². The van der Waals surface area contributed by atoms with Gasteiger partial charge in [-0.15, -0.1) is 0 Å². The van der Waals surface area contributed by atoms with Crippen molar-refractivity contribution in [3.05, 3.63) is 57.6 Å². The highest BCUT2D eigenvalue weighted by atomic mass is 79.9. The number of alkyl halides is 13. The fourth-order valence-corrected chi connectivity index (χ4v) is 4.03. The van der Waals surface area contributed by atoms with Crippen LogP contribution in [0.25, 0.3) is 11.1 Å². The van der Waals surface area contributed by atoms with E-state index in [1.165, 1.54) is 6.07 Å². The van der Waals surface area contributed by atoms with E-state index < -0.39 is 60.6 Å². The highest BCUT2D eigenvalue weighted by Gasteiger charge is 2.90. The first kappa shape index (κ1) is 35.1. The maximum absolute atomic E-state index is 14.3. The summed E-state index contributed by atoms with van der Waals surface area (Å²) in [7, 11) is 2.01. The summed E-state index contributed by atoms with van der Waals surface area (Å²) in [6.07, 6.45) is -11.2. The van der Waals surface area contributed by atoms with Crippen LogP contribution < -0.4 is 0 Å². The molecule has 0 aromatic heterocycles. The first-order chi connectivity index (χ1) is 18.9. The number of hydrogen-bond donors (Lipinski definition) is 0. The van der Waals surface area contributed by atoms with E-state index in [2.05, 4.69) is 25.4 Å². The Hall–Kier alpha value is -3.05. The van der Waals surface area contributed by atoms with E-state index in [4.69, 9.17) is 0 Å². The highest BCUT2D eigenvalue weighted by molar-refractivity contribution is 9.10. The molecule has 2 aromatic rings. The van der Waals surface area contributed by atoms with Gasteiger partial charge >= 0.3 is 47.7 Å². The van der Waals surface area contributed by atoms with E-state index in [1.54, 1.807) is 0 Å². The van der Waals surface area contributed by atoms with Gasteiger partial charge in [-0.2, -0.15) is 57.1 Å². The zero-order valence-electron chi connectivity index (χ0n) is 20.8. The van der Waals surface area contributed by atoms with Crippen LogP contribution in [0, 0.1) is 0 Å². The van der Waals surface area contributed by atoms with E-state index in [0.29, 0.717) is 0 Å². The second-order valence-electron chi connectivity index (χ2n) is 8.63. The molecule has 0 saturated heterocycles. The number of benzene rings is 2. The van der Waals surface area contributed by atoms with Crippen LogP contribution in [-0.4, -0.2) is 61.9 Å². The molecule has 0 aliphatic carbocycles. The zero-order valence-corrected chi connectivity index (χ0v) is 22.4. The summed E-state index contributed by atoms with van der Waals surface area (Å²) in [6.45, 7) is 0. The second kappa shape index (κ2) is 11.6. The molecular weight excluding hydrogens is 679 g/mol. The Kier molecular flexibility index (Phi) is 9.67. The fraction of sp³-hybridized carbons (Fsp3) is 0.417. The van der Waals surface area contributed by atoms with Crippen LogP contribution in [0.3, 0.4) is 0 Å². The van der Waals surface area contributed by atoms with Gasteiger partial charge < -0.3 is 9.47 Å². The fourth-order valence-electron chi connectivity index (χ4n) is 3.49. The van der Waals surface area contributed by atoms with Gasteiger partial charge in [-0.1, -0.05) is 22.0 Å². The number of carbonyl (C=O) groups excluding carboxylic acids is 2. The maximum atomic E-state index is 14.3. The molecule has 0 fully saturated rings. The van der Waals surface area contributed by atoms with Crippen molar-refractivity contribution < 1.29 is 76.1 Å². The van der Waals surface area contributed by atoms with Crippen molar-refractivity contribution in [2.24, 2.45) is 0 Å². The molecule has 4 nitrogen and oxygen atoms in total. The van der Waals surface area contributed by atoms with Crippen molar-refractivity contribution in [1.29, 1.82) is 0 Å². The molecule has 0 N–H and O–H groups in total. The van der Waals surface area contributed by atoms with Crippen LogP contribution in [0.4, 0.5) is 57.1 Å². The van der Waals surface area contributed by atoms with E-state index in [0.717, 1.165) is 44.6 Å². The lowest BCUT2D eigenvalue weighted by Gasteiger charge is -2.39. The average molecular weight is 695 g/mol. The monoisotopic (exact) mass is 694 g/mol. The highest BCUT2D eigenvalue weighted by Crippen LogP contribution is 2.60. The lowest BCUT2D eigenvalue weighted by Crippen LogP contribution is -2.70. The van der Waals surface area contributed by atoms with Crippen LogP contribution >= 0.6 is 15.9 Å². The zero-order chi connectivity index (χ0) is 32.7. The molecular formula is C24H16BrF13O4. The Morgan fingerprint density at radius 3 is 1.48 bits per heavy atom. The number of rotatable bonds is 10. The number of hydrogen-bond acceptors (Lipinski definition) is 4. The van der Waals surface area contributed by atoms with Gasteiger partial charge in [0.25, 0.3) is 0 Å². The molecule has 234 valence electrons. The quantitative estimate of drug-likeness (QED) is 0.185. The molecule has 0 heterocycles. The first-order valence-electron chi connectivity index (χ1n) is 10.9. The Balaban J connectivity index is 2.49. The van der Waals surface area contributed by atoms with Crippen molar-refractivity contribution in [2.75, 3.05) is 14.2 Å². The van der Waals surface area contributed by atoms with Gasteiger partial charge in [0, 0.05) is 10.9 Å². The SMILES string of the molecule is COC(=O)c1cc(C(=O)OC)cc(-c2cc(Br)cc(CCC(F)(F)C(F)(F)C(F)(F)C(F)(F)C(F)(F)C(F)(F)F)c2)c1. The van der Waals surface area contributed by atoms with Crippen LogP contribution in [0.5, 0.6) is 0 Å². The smallest absolute Gasteiger partial charge is 0.460 e.